The Balaban J connectivity index is 0.00000441. The van der Waals surface area contributed by atoms with Crippen LogP contribution in [0.25, 0.3) is 0 Å². The van der Waals surface area contributed by atoms with Crippen molar-refractivity contribution in [1.82, 2.24) is 20.5 Å². The third kappa shape index (κ3) is 7.98. The normalized spacial score (nSPS) is 11.5. The molecule has 2 N–H and O–H groups in total. The fraction of sp³-hybridized carbons (Fsp3) is 0.733. The Morgan fingerprint density at radius 2 is 2.00 bits per heavy atom. The molecule has 0 radical (unpaired) electrons. The topological polar surface area (TPSA) is 65.7 Å². The van der Waals surface area contributed by atoms with Crippen LogP contribution < -0.4 is 10.6 Å². The molecule has 1 aromatic rings. The summed E-state index contributed by atoms with van der Waals surface area (Å²) in [6.07, 6.45) is 2.47. The lowest BCUT2D eigenvalue weighted by atomic mass is 10.3. The summed E-state index contributed by atoms with van der Waals surface area (Å²) in [4.78, 5) is 10.9. The first-order chi connectivity index (χ1) is 10.1. The molecule has 0 aliphatic rings. The van der Waals surface area contributed by atoms with Gasteiger partial charge in [-0.05, 0) is 33.9 Å². The second-order valence-electron chi connectivity index (χ2n) is 5.26. The van der Waals surface area contributed by atoms with Gasteiger partial charge in [-0.15, -0.1) is 24.0 Å². The molecule has 22 heavy (non-hydrogen) atoms. The monoisotopic (exact) mass is 423 g/mol. The number of nitrogens with zero attached hydrogens (tertiary/aromatic N) is 3. The first kappa shape index (κ1) is 21.2. The lowest BCUT2D eigenvalue weighted by molar-refractivity contribution is 0.332. The molecule has 0 aliphatic carbocycles. The number of rotatable bonds is 8. The van der Waals surface area contributed by atoms with E-state index in [1.54, 1.807) is 7.05 Å². The Morgan fingerprint density at radius 3 is 2.55 bits per heavy atom. The second kappa shape index (κ2) is 11.7. The van der Waals surface area contributed by atoms with Crippen molar-refractivity contribution in [3.8, 4) is 0 Å². The van der Waals surface area contributed by atoms with E-state index in [0.717, 1.165) is 37.0 Å². The van der Waals surface area contributed by atoms with Gasteiger partial charge < -0.3 is 20.0 Å². The van der Waals surface area contributed by atoms with E-state index < -0.39 is 0 Å². The minimum atomic E-state index is 0. The molecule has 1 aromatic heterocycles. The van der Waals surface area contributed by atoms with E-state index >= 15 is 0 Å². The second-order valence-corrected chi connectivity index (χ2v) is 5.26. The molecule has 128 valence electrons. The third-order valence-electron chi connectivity index (χ3n) is 3.38. The van der Waals surface area contributed by atoms with E-state index in [1.165, 1.54) is 12.8 Å². The van der Waals surface area contributed by atoms with Crippen LogP contribution in [0.3, 0.4) is 0 Å². The fourth-order valence-electron chi connectivity index (χ4n) is 1.90. The fourth-order valence-corrected chi connectivity index (χ4v) is 1.90. The number of aromatic nitrogens is 1. The molecule has 1 heterocycles. The first-order valence-corrected chi connectivity index (χ1v) is 7.62. The quantitative estimate of drug-likeness (QED) is 0.382. The number of aliphatic imine (C=N–C) groups is 1. The number of hydrogen-bond donors (Lipinski definition) is 2. The zero-order valence-electron chi connectivity index (χ0n) is 14.4. The van der Waals surface area contributed by atoms with Gasteiger partial charge in [0.2, 0.25) is 5.89 Å². The number of guanidine groups is 1. The summed E-state index contributed by atoms with van der Waals surface area (Å²) in [5, 5.41) is 6.50. The third-order valence-corrected chi connectivity index (χ3v) is 3.38. The zero-order chi connectivity index (χ0) is 15.7. The predicted octanol–water partition coefficient (Wildman–Crippen LogP) is 2.31. The van der Waals surface area contributed by atoms with Gasteiger partial charge in [-0.3, -0.25) is 4.99 Å². The Hall–Kier alpha value is -0.830. The molecule has 0 spiro atoms. The van der Waals surface area contributed by atoms with Crippen LogP contribution in [-0.2, 0) is 6.54 Å². The van der Waals surface area contributed by atoms with Crippen LogP contribution in [0.1, 0.15) is 37.1 Å². The Kier molecular flexibility index (Phi) is 11.3. The molecule has 0 aromatic carbocycles. The van der Waals surface area contributed by atoms with Crippen LogP contribution in [0.4, 0.5) is 0 Å². The van der Waals surface area contributed by atoms with Crippen LogP contribution in [0, 0.1) is 13.8 Å². The summed E-state index contributed by atoms with van der Waals surface area (Å²) < 4.78 is 5.53. The van der Waals surface area contributed by atoms with Crippen LogP contribution in [0.2, 0.25) is 0 Å². The molecular weight excluding hydrogens is 393 g/mol. The van der Waals surface area contributed by atoms with E-state index in [0.29, 0.717) is 12.4 Å². The van der Waals surface area contributed by atoms with Crippen molar-refractivity contribution in [2.24, 2.45) is 4.99 Å². The highest BCUT2D eigenvalue weighted by Gasteiger charge is 2.06. The minimum Gasteiger partial charge on any atom is -0.444 e. The van der Waals surface area contributed by atoms with Gasteiger partial charge in [-0.25, -0.2) is 4.98 Å². The Labute approximate surface area is 151 Å². The van der Waals surface area contributed by atoms with Crippen molar-refractivity contribution in [2.45, 2.75) is 40.2 Å². The number of aryl methyl sites for hydroxylation is 2. The largest absolute Gasteiger partial charge is 0.444 e. The van der Waals surface area contributed by atoms with Gasteiger partial charge in [0.15, 0.2) is 5.96 Å². The molecule has 0 saturated heterocycles. The molecule has 6 nitrogen and oxygen atoms in total. The van der Waals surface area contributed by atoms with Crippen LogP contribution in [0.5, 0.6) is 0 Å². The van der Waals surface area contributed by atoms with Gasteiger partial charge in [-0.1, -0.05) is 13.3 Å². The van der Waals surface area contributed by atoms with Crippen molar-refractivity contribution in [2.75, 3.05) is 33.7 Å². The molecule has 0 fully saturated rings. The van der Waals surface area contributed by atoms with Crippen molar-refractivity contribution in [3.05, 3.63) is 17.3 Å². The molecule has 0 atom stereocenters. The Bertz CT molecular complexity index is 428. The number of oxazole rings is 1. The maximum absolute atomic E-state index is 5.53. The summed E-state index contributed by atoms with van der Waals surface area (Å²) in [6.45, 7) is 9.62. The Morgan fingerprint density at radius 1 is 1.27 bits per heavy atom. The van der Waals surface area contributed by atoms with Crippen molar-refractivity contribution in [1.29, 1.82) is 0 Å². The van der Waals surface area contributed by atoms with Crippen LogP contribution in [0.15, 0.2) is 9.41 Å². The lowest BCUT2D eigenvalue weighted by Crippen LogP contribution is -2.40. The molecule has 7 heteroatoms. The summed E-state index contributed by atoms with van der Waals surface area (Å²) in [5.41, 5.74) is 0.937. The first-order valence-electron chi connectivity index (χ1n) is 7.62. The molecule has 0 unspecified atom stereocenters. The highest BCUT2D eigenvalue weighted by atomic mass is 127. The van der Waals surface area contributed by atoms with Gasteiger partial charge in [0.25, 0.3) is 0 Å². The van der Waals surface area contributed by atoms with Crippen LogP contribution in [-0.4, -0.2) is 49.6 Å². The van der Waals surface area contributed by atoms with Gasteiger partial charge in [0.1, 0.15) is 5.76 Å². The van der Waals surface area contributed by atoms with E-state index in [2.05, 4.69) is 39.5 Å². The van der Waals surface area contributed by atoms with E-state index in [1.807, 2.05) is 13.8 Å². The average molecular weight is 423 g/mol. The van der Waals surface area contributed by atoms with Gasteiger partial charge >= 0.3 is 0 Å². The SMILES string of the molecule is CCCCN(C)CCNC(=NC)NCc1nc(C)c(C)o1.I. The van der Waals surface area contributed by atoms with E-state index in [-0.39, 0.29) is 24.0 Å². The summed E-state index contributed by atoms with van der Waals surface area (Å²) in [5.74, 6) is 2.33. The van der Waals surface area contributed by atoms with Gasteiger partial charge in [0.05, 0.1) is 12.2 Å². The van der Waals surface area contributed by atoms with Crippen LogP contribution >= 0.6 is 24.0 Å². The van der Waals surface area contributed by atoms with Crippen molar-refractivity contribution in [3.63, 3.8) is 0 Å². The zero-order valence-corrected chi connectivity index (χ0v) is 16.7. The molecule has 0 saturated carbocycles. The molecule has 0 aliphatic heterocycles. The summed E-state index contributed by atoms with van der Waals surface area (Å²) >= 11 is 0. The smallest absolute Gasteiger partial charge is 0.214 e. The molecule has 0 bridgehead atoms. The molecule has 1 rings (SSSR count). The summed E-state index contributed by atoms with van der Waals surface area (Å²) in [7, 11) is 3.91. The maximum atomic E-state index is 5.53. The molecule has 0 amide bonds. The highest BCUT2D eigenvalue weighted by molar-refractivity contribution is 14.0. The number of unbranched alkanes of at least 4 members (excludes halogenated alkanes) is 1. The van der Waals surface area contributed by atoms with E-state index in [9.17, 15) is 0 Å². The number of hydrogen-bond acceptors (Lipinski definition) is 4. The van der Waals surface area contributed by atoms with Gasteiger partial charge in [-0.2, -0.15) is 0 Å². The highest BCUT2D eigenvalue weighted by Crippen LogP contribution is 2.07. The van der Waals surface area contributed by atoms with E-state index in [4.69, 9.17) is 4.42 Å². The standard InChI is InChI=1S/C15H29N5O.HI/c1-6-7-9-20(5)10-8-17-15(16-4)18-11-14-19-12(2)13(3)21-14;/h6-11H2,1-5H3,(H2,16,17,18);1H. The summed E-state index contributed by atoms with van der Waals surface area (Å²) in [6, 6.07) is 0. The van der Waals surface area contributed by atoms with Crippen molar-refractivity contribution >= 4 is 29.9 Å². The number of nitrogens with one attached hydrogen (secondary N) is 2. The number of likely N-dealkylation sites (N-methyl/N-ethyl adjacent to an activating group) is 1. The minimum absolute atomic E-state index is 0. The lowest BCUT2D eigenvalue weighted by Gasteiger charge is -2.17. The average Bonchev–Trinajstić information content (AvgIpc) is 2.79. The van der Waals surface area contributed by atoms with Gasteiger partial charge in [0, 0.05) is 20.1 Å². The predicted molar refractivity (Wildman–Crippen MR) is 102 cm³/mol. The molecular formula is C15H30IN5O. The number of halogens is 1. The maximum Gasteiger partial charge on any atom is 0.214 e. The van der Waals surface area contributed by atoms with Crippen molar-refractivity contribution < 1.29 is 4.42 Å².